The molecule has 1 amide bonds. The molecule has 1 fully saturated rings. The van der Waals surface area contributed by atoms with Gasteiger partial charge in [-0.3, -0.25) is 9.69 Å². The molecule has 0 saturated carbocycles. The number of thiophene rings is 1. The molecule has 1 atom stereocenters. The van der Waals surface area contributed by atoms with Crippen molar-refractivity contribution in [2.24, 2.45) is 5.92 Å². The standard InChI is InChI=1S/C19H31N3OS/c1-14(2)22-12-16-10-17(24-18(16)13-22)19(23)20-7-5-9-21-8-4-6-15(3)11-21/h10,14-15H,4-9,11-13H2,1-3H3,(H,20,23)/t15-/m0/s1. The summed E-state index contributed by atoms with van der Waals surface area (Å²) in [5.41, 5.74) is 1.35. The van der Waals surface area contributed by atoms with Crippen LogP contribution in [0.1, 0.15) is 60.1 Å². The van der Waals surface area contributed by atoms with E-state index in [0.717, 1.165) is 43.4 Å². The van der Waals surface area contributed by atoms with Crippen LogP contribution in [0.5, 0.6) is 0 Å². The first-order chi connectivity index (χ1) is 11.5. The van der Waals surface area contributed by atoms with Crippen LogP contribution in [0.4, 0.5) is 0 Å². The Kier molecular flexibility index (Phi) is 5.95. The van der Waals surface area contributed by atoms with Gasteiger partial charge in [-0.25, -0.2) is 0 Å². The topological polar surface area (TPSA) is 35.6 Å². The molecule has 0 bridgehead atoms. The zero-order chi connectivity index (χ0) is 17.1. The van der Waals surface area contributed by atoms with E-state index >= 15 is 0 Å². The van der Waals surface area contributed by atoms with Crippen molar-refractivity contribution in [1.82, 2.24) is 15.1 Å². The maximum Gasteiger partial charge on any atom is 0.261 e. The second-order valence-electron chi connectivity index (χ2n) is 7.72. The molecule has 3 rings (SSSR count). The Bertz CT molecular complexity index is 545. The van der Waals surface area contributed by atoms with E-state index in [4.69, 9.17) is 0 Å². The Morgan fingerprint density at radius 1 is 1.42 bits per heavy atom. The lowest BCUT2D eigenvalue weighted by Crippen LogP contribution is -2.36. The van der Waals surface area contributed by atoms with Crippen LogP contribution in [-0.4, -0.2) is 47.9 Å². The van der Waals surface area contributed by atoms with Crippen molar-refractivity contribution in [1.29, 1.82) is 0 Å². The number of piperidine rings is 1. The third kappa shape index (κ3) is 4.38. The van der Waals surface area contributed by atoms with Crippen molar-refractivity contribution in [2.75, 3.05) is 26.2 Å². The van der Waals surface area contributed by atoms with E-state index in [9.17, 15) is 4.79 Å². The summed E-state index contributed by atoms with van der Waals surface area (Å²) in [7, 11) is 0. The highest BCUT2D eigenvalue weighted by molar-refractivity contribution is 7.14. The van der Waals surface area contributed by atoms with Crippen LogP contribution in [0, 0.1) is 5.92 Å². The van der Waals surface area contributed by atoms with Crippen molar-refractivity contribution in [2.45, 2.75) is 59.2 Å². The zero-order valence-corrected chi connectivity index (χ0v) is 16.1. The summed E-state index contributed by atoms with van der Waals surface area (Å²) in [5, 5.41) is 3.10. The molecule has 0 radical (unpaired) electrons. The Morgan fingerprint density at radius 3 is 2.96 bits per heavy atom. The van der Waals surface area contributed by atoms with Crippen LogP contribution in [0.15, 0.2) is 6.07 Å². The van der Waals surface area contributed by atoms with Gasteiger partial charge in [0.1, 0.15) is 0 Å². The lowest BCUT2D eigenvalue weighted by molar-refractivity contribution is 0.0954. The molecule has 1 N–H and O–H groups in total. The van der Waals surface area contributed by atoms with Gasteiger partial charge in [-0.2, -0.15) is 0 Å². The SMILES string of the molecule is CC(C)N1Cc2cc(C(=O)NCCCN3CCC[C@H](C)C3)sc2C1. The minimum Gasteiger partial charge on any atom is -0.351 e. The number of hydrogen-bond donors (Lipinski definition) is 1. The molecular formula is C19H31N3OS. The number of carbonyl (C=O) groups excluding carboxylic acids is 1. The number of rotatable bonds is 6. The maximum absolute atomic E-state index is 12.3. The molecule has 0 unspecified atom stereocenters. The average Bonchev–Trinajstić information content (AvgIpc) is 3.10. The highest BCUT2D eigenvalue weighted by Crippen LogP contribution is 2.32. The average molecular weight is 350 g/mol. The monoisotopic (exact) mass is 349 g/mol. The van der Waals surface area contributed by atoms with Crippen LogP contribution in [0.25, 0.3) is 0 Å². The third-order valence-corrected chi connectivity index (χ3v) is 6.41. The second-order valence-corrected chi connectivity index (χ2v) is 8.85. The summed E-state index contributed by atoms with van der Waals surface area (Å²) in [6.45, 7) is 13.1. The summed E-state index contributed by atoms with van der Waals surface area (Å²) in [6, 6.07) is 2.67. The van der Waals surface area contributed by atoms with Crippen LogP contribution in [0.3, 0.4) is 0 Å². The van der Waals surface area contributed by atoms with Crippen molar-refractivity contribution in [3.63, 3.8) is 0 Å². The van der Waals surface area contributed by atoms with Gasteiger partial charge < -0.3 is 10.2 Å². The van der Waals surface area contributed by atoms with Gasteiger partial charge in [-0.15, -0.1) is 11.3 Å². The Morgan fingerprint density at radius 2 is 2.25 bits per heavy atom. The zero-order valence-electron chi connectivity index (χ0n) is 15.3. The van der Waals surface area contributed by atoms with Gasteiger partial charge in [0.05, 0.1) is 4.88 Å². The molecule has 1 aromatic rings. The number of amides is 1. The smallest absolute Gasteiger partial charge is 0.261 e. The number of nitrogens with zero attached hydrogens (tertiary/aromatic N) is 2. The van der Waals surface area contributed by atoms with Crippen LogP contribution in [-0.2, 0) is 13.1 Å². The number of likely N-dealkylation sites (tertiary alicyclic amines) is 1. The minimum absolute atomic E-state index is 0.109. The first kappa shape index (κ1) is 17.9. The fraction of sp³-hybridized carbons (Fsp3) is 0.737. The molecule has 1 aromatic heterocycles. The van der Waals surface area contributed by atoms with Crippen molar-refractivity contribution < 1.29 is 4.79 Å². The van der Waals surface area contributed by atoms with Gasteiger partial charge in [0, 0.05) is 37.1 Å². The molecule has 0 spiro atoms. The third-order valence-electron chi connectivity index (χ3n) is 5.25. The lowest BCUT2D eigenvalue weighted by atomic mass is 10.0. The predicted molar refractivity (Wildman–Crippen MR) is 100 cm³/mol. The van der Waals surface area contributed by atoms with E-state index in [1.165, 1.54) is 36.4 Å². The fourth-order valence-electron chi connectivity index (χ4n) is 3.75. The molecule has 0 aromatic carbocycles. The van der Waals surface area contributed by atoms with Gasteiger partial charge in [0.25, 0.3) is 5.91 Å². The second kappa shape index (κ2) is 7.98. The van der Waals surface area contributed by atoms with E-state index < -0.39 is 0 Å². The van der Waals surface area contributed by atoms with Crippen LogP contribution < -0.4 is 5.32 Å². The van der Waals surface area contributed by atoms with E-state index in [1.54, 1.807) is 11.3 Å². The van der Waals surface area contributed by atoms with Crippen LogP contribution >= 0.6 is 11.3 Å². The first-order valence-corrected chi connectivity index (χ1v) is 10.2. The minimum atomic E-state index is 0.109. The number of nitrogens with one attached hydrogen (secondary N) is 1. The Hall–Kier alpha value is -0.910. The maximum atomic E-state index is 12.3. The van der Waals surface area contributed by atoms with Crippen molar-refractivity contribution in [3.05, 3.63) is 21.4 Å². The number of carbonyl (C=O) groups is 1. The lowest BCUT2D eigenvalue weighted by Gasteiger charge is -2.30. The van der Waals surface area contributed by atoms with Gasteiger partial charge in [-0.1, -0.05) is 6.92 Å². The molecule has 2 aliphatic rings. The van der Waals surface area contributed by atoms with Crippen LogP contribution in [0.2, 0.25) is 0 Å². The summed E-state index contributed by atoms with van der Waals surface area (Å²) < 4.78 is 0. The quantitative estimate of drug-likeness (QED) is 0.800. The van der Waals surface area contributed by atoms with Crippen molar-refractivity contribution >= 4 is 17.2 Å². The van der Waals surface area contributed by atoms with Gasteiger partial charge in [0.15, 0.2) is 0 Å². The highest BCUT2D eigenvalue weighted by Gasteiger charge is 2.25. The van der Waals surface area contributed by atoms with E-state index in [2.05, 4.69) is 42.0 Å². The van der Waals surface area contributed by atoms with Gasteiger partial charge in [-0.05, 0) is 63.7 Å². The Balaban J connectivity index is 1.40. The first-order valence-electron chi connectivity index (χ1n) is 9.39. The summed E-state index contributed by atoms with van der Waals surface area (Å²) in [5.74, 6) is 0.935. The fourth-order valence-corrected chi connectivity index (χ4v) is 4.87. The van der Waals surface area contributed by atoms with E-state index in [-0.39, 0.29) is 5.91 Å². The molecule has 2 aliphatic heterocycles. The highest BCUT2D eigenvalue weighted by atomic mass is 32.1. The molecule has 5 heteroatoms. The summed E-state index contributed by atoms with van der Waals surface area (Å²) >= 11 is 1.67. The molecular weight excluding hydrogens is 318 g/mol. The number of fused-ring (bicyclic) bond motifs is 1. The normalized spacial score (nSPS) is 22.1. The molecule has 4 nitrogen and oxygen atoms in total. The van der Waals surface area contributed by atoms with E-state index in [0.29, 0.717) is 6.04 Å². The molecule has 3 heterocycles. The predicted octanol–water partition coefficient (Wildman–Crippen LogP) is 3.32. The summed E-state index contributed by atoms with van der Waals surface area (Å²) in [4.78, 5) is 19.6. The molecule has 0 aliphatic carbocycles. The molecule has 134 valence electrons. The Labute approximate surface area is 150 Å². The molecule has 1 saturated heterocycles. The van der Waals surface area contributed by atoms with Crippen molar-refractivity contribution in [3.8, 4) is 0 Å². The largest absolute Gasteiger partial charge is 0.351 e. The number of hydrogen-bond acceptors (Lipinski definition) is 4. The van der Waals surface area contributed by atoms with Gasteiger partial charge >= 0.3 is 0 Å². The van der Waals surface area contributed by atoms with E-state index in [1.807, 2.05) is 0 Å². The van der Waals surface area contributed by atoms with Gasteiger partial charge in [0.2, 0.25) is 0 Å². The summed E-state index contributed by atoms with van der Waals surface area (Å²) in [6.07, 6.45) is 3.73. The molecule has 24 heavy (non-hydrogen) atoms.